The van der Waals surface area contributed by atoms with Crippen LogP contribution in [0.5, 0.6) is 11.5 Å². The van der Waals surface area contributed by atoms with Crippen molar-refractivity contribution in [3.05, 3.63) is 54.4 Å². The summed E-state index contributed by atoms with van der Waals surface area (Å²) in [4.78, 5) is 19.6. The summed E-state index contributed by atoms with van der Waals surface area (Å²) in [5.41, 5.74) is 6.56. The molecule has 37 heavy (non-hydrogen) atoms. The quantitative estimate of drug-likeness (QED) is 0.338. The molecule has 0 spiro atoms. The predicted molar refractivity (Wildman–Crippen MR) is 131 cm³/mol. The first kappa shape index (κ1) is 25.7. The number of halogens is 3. The molecule has 0 unspecified atom stereocenters. The van der Waals surface area contributed by atoms with E-state index in [0.29, 0.717) is 40.6 Å². The number of benzene rings is 1. The first-order valence-corrected chi connectivity index (χ1v) is 11.3. The zero-order valence-electron chi connectivity index (χ0n) is 20.3. The number of nitrogens with one attached hydrogen (secondary N) is 1. The predicted octanol–water partition coefficient (Wildman–Crippen LogP) is 4.22. The highest BCUT2D eigenvalue weighted by atomic mass is 19.4. The largest absolute Gasteiger partial charge is 0.493 e. The number of alkyl halides is 3. The lowest BCUT2D eigenvalue weighted by atomic mass is 10.1. The van der Waals surface area contributed by atoms with Crippen molar-refractivity contribution in [2.24, 2.45) is 5.92 Å². The standard InChI is InChI=1S/C25H25F3N6O3/c1-14(2)24(35)30-8-9-37-20-6-4-15(11-21(20)36-3)18-5-7-22-31-13-19(34(22)33-18)16-10-17(25(26,27)28)23(29)32-12-16/h4-7,10-14H,8-9H2,1-3H3,(H2,29,32)(H,30,35). The van der Waals surface area contributed by atoms with E-state index in [4.69, 9.17) is 15.2 Å². The summed E-state index contributed by atoms with van der Waals surface area (Å²) in [7, 11) is 1.50. The molecule has 12 heteroatoms. The van der Waals surface area contributed by atoms with Gasteiger partial charge in [-0.15, -0.1) is 0 Å². The van der Waals surface area contributed by atoms with Crippen LogP contribution in [0.25, 0.3) is 28.2 Å². The summed E-state index contributed by atoms with van der Waals surface area (Å²) in [6.45, 7) is 4.22. The van der Waals surface area contributed by atoms with Gasteiger partial charge in [0, 0.05) is 23.2 Å². The number of aromatic nitrogens is 4. The number of pyridine rings is 1. The van der Waals surface area contributed by atoms with E-state index in [-0.39, 0.29) is 24.0 Å². The Kier molecular flexibility index (Phi) is 7.18. The Labute approximate surface area is 210 Å². The van der Waals surface area contributed by atoms with Gasteiger partial charge in [-0.1, -0.05) is 13.8 Å². The molecule has 4 aromatic rings. The van der Waals surface area contributed by atoms with Gasteiger partial charge >= 0.3 is 6.18 Å². The third-order valence-electron chi connectivity index (χ3n) is 5.52. The van der Waals surface area contributed by atoms with E-state index in [1.165, 1.54) is 24.0 Å². The average Bonchev–Trinajstić information content (AvgIpc) is 3.29. The van der Waals surface area contributed by atoms with E-state index in [2.05, 4.69) is 20.4 Å². The molecule has 194 valence electrons. The molecule has 0 radical (unpaired) electrons. The maximum Gasteiger partial charge on any atom is 0.419 e. The van der Waals surface area contributed by atoms with Crippen molar-refractivity contribution in [3.8, 4) is 34.0 Å². The highest BCUT2D eigenvalue weighted by Gasteiger charge is 2.34. The van der Waals surface area contributed by atoms with Crippen molar-refractivity contribution in [1.29, 1.82) is 0 Å². The van der Waals surface area contributed by atoms with Gasteiger partial charge in [-0.25, -0.2) is 14.5 Å². The molecule has 0 bridgehead atoms. The van der Waals surface area contributed by atoms with E-state index in [1.807, 2.05) is 13.8 Å². The second-order valence-corrected chi connectivity index (χ2v) is 8.45. The molecule has 0 fully saturated rings. The SMILES string of the molecule is COc1cc(-c2ccc3ncc(-c4cnc(N)c(C(F)(F)F)c4)n3n2)ccc1OCCNC(=O)C(C)C. The van der Waals surface area contributed by atoms with Crippen molar-refractivity contribution >= 4 is 17.4 Å². The number of nitrogens with zero attached hydrogens (tertiary/aromatic N) is 4. The minimum atomic E-state index is -4.65. The number of nitrogens with two attached hydrogens (primary N) is 1. The molecule has 0 aliphatic carbocycles. The molecule has 0 saturated heterocycles. The second-order valence-electron chi connectivity index (χ2n) is 8.45. The number of amides is 1. The van der Waals surface area contributed by atoms with Gasteiger partial charge in [-0.3, -0.25) is 4.79 Å². The molecular formula is C25H25F3N6O3. The first-order chi connectivity index (χ1) is 17.6. The summed E-state index contributed by atoms with van der Waals surface area (Å²) < 4.78 is 52.7. The number of carbonyl (C=O) groups excluding carboxylic acids is 1. The van der Waals surface area contributed by atoms with Crippen LogP contribution in [0.15, 0.2) is 48.8 Å². The van der Waals surface area contributed by atoms with E-state index >= 15 is 0 Å². The van der Waals surface area contributed by atoms with Crippen LogP contribution in [0.2, 0.25) is 0 Å². The van der Waals surface area contributed by atoms with E-state index in [9.17, 15) is 18.0 Å². The van der Waals surface area contributed by atoms with E-state index in [1.54, 1.807) is 30.3 Å². The highest BCUT2D eigenvalue weighted by molar-refractivity contribution is 5.77. The summed E-state index contributed by atoms with van der Waals surface area (Å²) >= 11 is 0. The van der Waals surface area contributed by atoms with E-state index < -0.39 is 17.6 Å². The molecule has 1 amide bonds. The molecule has 1 aromatic carbocycles. The Morgan fingerprint density at radius 2 is 1.86 bits per heavy atom. The molecule has 0 aliphatic heterocycles. The van der Waals surface area contributed by atoms with Crippen molar-refractivity contribution < 1.29 is 27.4 Å². The summed E-state index contributed by atoms with van der Waals surface area (Å²) in [5.74, 6) is 0.170. The first-order valence-electron chi connectivity index (χ1n) is 11.3. The van der Waals surface area contributed by atoms with Crippen molar-refractivity contribution in [2.45, 2.75) is 20.0 Å². The normalized spacial score (nSPS) is 11.6. The van der Waals surface area contributed by atoms with Crippen molar-refractivity contribution in [1.82, 2.24) is 24.9 Å². The topological polar surface area (TPSA) is 117 Å². The fourth-order valence-electron chi connectivity index (χ4n) is 3.55. The van der Waals surface area contributed by atoms with Crippen LogP contribution >= 0.6 is 0 Å². The molecule has 4 rings (SSSR count). The monoisotopic (exact) mass is 514 g/mol. The molecule has 0 atom stereocenters. The smallest absolute Gasteiger partial charge is 0.419 e. The molecule has 0 aliphatic rings. The fourth-order valence-corrected chi connectivity index (χ4v) is 3.55. The maximum absolute atomic E-state index is 13.3. The van der Waals surface area contributed by atoms with Gasteiger partial charge < -0.3 is 20.5 Å². The van der Waals surface area contributed by atoms with Crippen LogP contribution in [-0.2, 0) is 11.0 Å². The molecule has 3 N–H and O–H groups in total. The number of anilines is 1. The van der Waals surface area contributed by atoms with Gasteiger partial charge in [0.15, 0.2) is 17.1 Å². The van der Waals surface area contributed by atoms with Gasteiger partial charge in [0.2, 0.25) is 5.91 Å². The lowest BCUT2D eigenvalue weighted by Crippen LogP contribution is -2.31. The minimum Gasteiger partial charge on any atom is -0.493 e. The number of methoxy groups -OCH3 is 1. The Bertz CT molecular complexity index is 1440. The van der Waals surface area contributed by atoms with Gasteiger partial charge in [0.25, 0.3) is 0 Å². The number of hydrogen-bond donors (Lipinski definition) is 2. The lowest BCUT2D eigenvalue weighted by molar-refractivity contribution is -0.137. The Balaban J connectivity index is 1.61. The van der Waals surface area contributed by atoms with Gasteiger partial charge in [0.05, 0.1) is 36.8 Å². The number of ether oxygens (including phenoxy) is 2. The number of fused-ring (bicyclic) bond motifs is 1. The van der Waals surface area contributed by atoms with Gasteiger partial charge in [-0.05, 0) is 36.4 Å². The second kappa shape index (κ2) is 10.3. The number of imidazole rings is 1. The Morgan fingerprint density at radius 1 is 1.08 bits per heavy atom. The average molecular weight is 515 g/mol. The summed E-state index contributed by atoms with van der Waals surface area (Å²) in [6.07, 6.45) is -1.97. The van der Waals surface area contributed by atoms with Crippen LogP contribution in [0.4, 0.5) is 19.0 Å². The number of nitrogen functional groups attached to an aromatic ring is 1. The zero-order chi connectivity index (χ0) is 26.7. The van der Waals surface area contributed by atoms with Crippen LogP contribution in [-0.4, -0.2) is 45.8 Å². The van der Waals surface area contributed by atoms with Gasteiger partial charge in [0.1, 0.15) is 12.4 Å². The minimum absolute atomic E-state index is 0.0596. The Morgan fingerprint density at radius 3 is 2.57 bits per heavy atom. The molecule has 3 heterocycles. The van der Waals surface area contributed by atoms with Crippen LogP contribution in [0, 0.1) is 5.92 Å². The third-order valence-corrected chi connectivity index (χ3v) is 5.52. The number of hydrogen-bond acceptors (Lipinski definition) is 7. The zero-order valence-corrected chi connectivity index (χ0v) is 20.3. The van der Waals surface area contributed by atoms with Gasteiger partial charge in [-0.2, -0.15) is 18.3 Å². The van der Waals surface area contributed by atoms with Crippen LogP contribution in [0.3, 0.4) is 0 Å². The molecule has 0 saturated carbocycles. The van der Waals surface area contributed by atoms with E-state index in [0.717, 1.165) is 6.07 Å². The summed E-state index contributed by atoms with van der Waals surface area (Å²) in [6, 6.07) is 9.61. The van der Waals surface area contributed by atoms with Crippen molar-refractivity contribution in [2.75, 3.05) is 26.0 Å². The number of carbonyl (C=O) groups is 1. The highest BCUT2D eigenvalue weighted by Crippen LogP contribution is 2.36. The molecular weight excluding hydrogens is 489 g/mol. The van der Waals surface area contributed by atoms with Crippen LogP contribution < -0.4 is 20.5 Å². The van der Waals surface area contributed by atoms with Crippen LogP contribution in [0.1, 0.15) is 19.4 Å². The maximum atomic E-state index is 13.3. The summed E-state index contributed by atoms with van der Waals surface area (Å²) in [5, 5.41) is 7.36. The number of rotatable bonds is 8. The molecule has 3 aromatic heterocycles. The Hall–Kier alpha value is -4.35. The fraction of sp³-hybridized carbons (Fsp3) is 0.280. The van der Waals surface area contributed by atoms with Crippen molar-refractivity contribution in [3.63, 3.8) is 0 Å². The lowest BCUT2D eigenvalue weighted by Gasteiger charge is -2.13. The molecule has 9 nitrogen and oxygen atoms in total. The third kappa shape index (κ3) is 5.57.